The first kappa shape index (κ1) is 22.3. The number of benzene rings is 1. The summed E-state index contributed by atoms with van der Waals surface area (Å²) in [6.07, 6.45) is 12.8. The van der Waals surface area contributed by atoms with Gasteiger partial charge in [0, 0.05) is 30.7 Å². The van der Waals surface area contributed by atoms with Crippen LogP contribution in [0.4, 0.5) is 11.6 Å². The second kappa shape index (κ2) is 11.7. The third-order valence-electron chi connectivity index (χ3n) is 5.25. The Morgan fingerprint density at radius 1 is 0.935 bits per heavy atom. The Morgan fingerprint density at radius 2 is 1.61 bits per heavy atom. The summed E-state index contributed by atoms with van der Waals surface area (Å²) in [6.45, 7) is 5.65. The number of likely N-dealkylation sites (tertiary alicyclic amines) is 1. The molecule has 1 aliphatic heterocycles. The minimum Gasteiger partial charge on any atom is -0.323 e. The second-order valence-electron chi connectivity index (χ2n) is 7.60. The lowest BCUT2D eigenvalue weighted by Gasteiger charge is -2.26. The van der Waals surface area contributed by atoms with E-state index in [1.54, 1.807) is 0 Å². The SMILES string of the molecule is Cc1ccc(-c2cnc(Nc3cncc(CCN4CCCCC4)c3)nc2)cc1.O=C=O. The summed E-state index contributed by atoms with van der Waals surface area (Å²) in [5.41, 5.74) is 5.55. The van der Waals surface area contributed by atoms with Gasteiger partial charge in [0.15, 0.2) is 0 Å². The van der Waals surface area contributed by atoms with Crippen LogP contribution in [0.5, 0.6) is 0 Å². The summed E-state index contributed by atoms with van der Waals surface area (Å²) in [5, 5.41) is 3.27. The van der Waals surface area contributed by atoms with Gasteiger partial charge in [-0.25, -0.2) is 9.97 Å². The van der Waals surface area contributed by atoms with E-state index in [9.17, 15) is 0 Å². The van der Waals surface area contributed by atoms with Crippen LogP contribution >= 0.6 is 0 Å². The first-order chi connectivity index (χ1) is 15.2. The van der Waals surface area contributed by atoms with E-state index in [0.29, 0.717) is 5.95 Å². The zero-order valence-corrected chi connectivity index (χ0v) is 17.8. The van der Waals surface area contributed by atoms with E-state index in [1.165, 1.54) is 43.5 Å². The fraction of sp³-hybridized carbons (Fsp3) is 0.333. The summed E-state index contributed by atoms with van der Waals surface area (Å²) in [7, 11) is 0. The molecule has 7 heteroatoms. The quantitative estimate of drug-likeness (QED) is 0.648. The van der Waals surface area contributed by atoms with Crippen LogP contribution in [0.3, 0.4) is 0 Å². The topological polar surface area (TPSA) is 88.1 Å². The van der Waals surface area contributed by atoms with Crippen molar-refractivity contribution in [2.45, 2.75) is 32.6 Å². The number of aromatic nitrogens is 3. The van der Waals surface area contributed by atoms with Crippen LogP contribution < -0.4 is 5.32 Å². The van der Waals surface area contributed by atoms with Gasteiger partial charge < -0.3 is 10.2 Å². The van der Waals surface area contributed by atoms with Gasteiger partial charge in [0.25, 0.3) is 0 Å². The van der Waals surface area contributed by atoms with Crippen LogP contribution in [0.15, 0.2) is 55.1 Å². The molecule has 1 aromatic carbocycles. The number of piperidine rings is 1. The van der Waals surface area contributed by atoms with Crippen LogP contribution in [0.1, 0.15) is 30.4 Å². The van der Waals surface area contributed by atoms with Gasteiger partial charge >= 0.3 is 6.15 Å². The van der Waals surface area contributed by atoms with Crippen molar-refractivity contribution in [1.82, 2.24) is 19.9 Å². The van der Waals surface area contributed by atoms with Crippen molar-refractivity contribution in [1.29, 1.82) is 0 Å². The lowest BCUT2D eigenvalue weighted by atomic mass is 10.1. The van der Waals surface area contributed by atoms with Crippen molar-refractivity contribution in [3.8, 4) is 11.1 Å². The second-order valence-corrected chi connectivity index (χ2v) is 7.60. The number of hydrogen-bond acceptors (Lipinski definition) is 7. The standard InChI is InChI=1S/C23H27N5.CO2/c1-18-5-7-20(8-6-18)21-15-25-23(26-16-21)27-22-13-19(14-24-17-22)9-12-28-10-3-2-4-11-28;2-1-3/h5-8,13-17H,2-4,9-12H2,1H3,(H,25,26,27);. The molecule has 0 amide bonds. The number of pyridine rings is 1. The largest absolute Gasteiger partial charge is 0.373 e. The lowest BCUT2D eigenvalue weighted by molar-refractivity contribution is -0.191. The molecule has 1 aliphatic rings. The van der Waals surface area contributed by atoms with Gasteiger partial charge in [0.2, 0.25) is 5.95 Å². The third-order valence-corrected chi connectivity index (χ3v) is 5.25. The Bertz CT molecular complexity index is 978. The minimum absolute atomic E-state index is 0.250. The predicted octanol–water partition coefficient (Wildman–Crippen LogP) is 4.04. The average Bonchev–Trinajstić information content (AvgIpc) is 2.80. The zero-order chi connectivity index (χ0) is 21.9. The molecule has 31 heavy (non-hydrogen) atoms. The average molecular weight is 418 g/mol. The van der Waals surface area contributed by atoms with Crippen molar-refractivity contribution in [3.05, 3.63) is 66.2 Å². The molecule has 3 heterocycles. The van der Waals surface area contributed by atoms with Gasteiger partial charge in [-0.15, -0.1) is 0 Å². The molecule has 4 rings (SSSR count). The summed E-state index contributed by atoms with van der Waals surface area (Å²) in [5.74, 6) is 0.589. The fourth-order valence-corrected chi connectivity index (χ4v) is 3.58. The fourth-order valence-electron chi connectivity index (χ4n) is 3.58. The molecule has 0 aliphatic carbocycles. The number of anilines is 2. The Hall–Kier alpha value is -3.41. The molecular weight excluding hydrogens is 390 g/mol. The van der Waals surface area contributed by atoms with Gasteiger partial charge in [0.05, 0.1) is 11.9 Å². The lowest BCUT2D eigenvalue weighted by Crippen LogP contribution is -2.31. The normalized spacial score (nSPS) is 13.6. The van der Waals surface area contributed by atoms with E-state index >= 15 is 0 Å². The highest BCUT2D eigenvalue weighted by Gasteiger charge is 2.10. The van der Waals surface area contributed by atoms with Crippen molar-refractivity contribution in [2.75, 3.05) is 25.0 Å². The zero-order valence-electron chi connectivity index (χ0n) is 17.8. The first-order valence-electron chi connectivity index (χ1n) is 10.5. The van der Waals surface area contributed by atoms with E-state index in [0.717, 1.165) is 29.8 Å². The van der Waals surface area contributed by atoms with Gasteiger partial charge in [-0.3, -0.25) is 4.98 Å². The molecule has 7 nitrogen and oxygen atoms in total. The Balaban J connectivity index is 0.000000858. The molecular formula is C24H27N5O2. The maximum Gasteiger partial charge on any atom is 0.373 e. The molecule has 0 radical (unpaired) electrons. The number of rotatable bonds is 6. The Morgan fingerprint density at radius 3 is 2.29 bits per heavy atom. The van der Waals surface area contributed by atoms with Gasteiger partial charge in [0.1, 0.15) is 0 Å². The summed E-state index contributed by atoms with van der Waals surface area (Å²) in [6, 6.07) is 10.5. The predicted molar refractivity (Wildman–Crippen MR) is 119 cm³/mol. The summed E-state index contributed by atoms with van der Waals surface area (Å²) in [4.78, 5) is 32.1. The van der Waals surface area contributed by atoms with E-state index in [1.807, 2.05) is 24.8 Å². The molecule has 2 aromatic heterocycles. The molecule has 0 unspecified atom stereocenters. The molecule has 0 saturated carbocycles. The van der Waals surface area contributed by atoms with Gasteiger partial charge in [-0.1, -0.05) is 36.2 Å². The van der Waals surface area contributed by atoms with E-state index in [2.05, 4.69) is 62.4 Å². The van der Waals surface area contributed by atoms with E-state index in [-0.39, 0.29) is 6.15 Å². The highest BCUT2D eigenvalue weighted by atomic mass is 16.2. The molecule has 1 N–H and O–H groups in total. The van der Waals surface area contributed by atoms with Crippen molar-refractivity contribution < 1.29 is 9.59 Å². The monoisotopic (exact) mass is 417 g/mol. The van der Waals surface area contributed by atoms with Crippen molar-refractivity contribution in [2.24, 2.45) is 0 Å². The number of carbonyl (C=O) groups excluding carboxylic acids is 2. The molecule has 0 atom stereocenters. The molecule has 3 aromatic rings. The van der Waals surface area contributed by atoms with E-state index in [4.69, 9.17) is 9.59 Å². The van der Waals surface area contributed by atoms with Gasteiger partial charge in [-0.05, 0) is 56.5 Å². The van der Waals surface area contributed by atoms with Crippen LogP contribution in [-0.4, -0.2) is 45.6 Å². The molecule has 0 bridgehead atoms. The summed E-state index contributed by atoms with van der Waals surface area (Å²) >= 11 is 0. The van der Waals surface area contributed by atoms with Crippen LogP contribution in [0, 0.1) is 6.92 Å². The minimum atomic E-state index is 0.250. The Labute approximate surface area is 182 Å². The van der Waals surface area contributed by atoms with Crippen molar-refractivity contribution >= 4 is 17.8 Å². The molecule has 1 fully saturated rings. The highest BCUT2D eigenvalue weighted by molar-refractivity contribution is 5.63. The maximum absolute atomic E-state index is 8.12. The Kier molecular flexibility index (Phi) is 8.40. The number of hydrogen-bond donors (Lipinski definition) is 1. The third kappa shape index (κ3) is 7.10. The van der Waals surface area contributed by atoms with Crippen LogP contribution in [0.25, 0.3) is 11.1 Å². The number of nitrogens with one attached hydrogen (secondary N) is 1. The number of aryl methyl sites for hydroxylation is 1. The van der Waals surface area contributed by atoms with Gasteiger partial charge in [-0.2, -0.15) is 9.59 Å². The van der Waals surface area contributed by atoms with Crippen LogP contribution in [0.2, 0.25) is 0 Å². The summed E-state index contributed by atoms with van der Waals surface area (Å²) < 4.78 is 0. The molecule has 0 spiro atoms. The smallest absolute Gasteiger partial charge is 0.323 e. The molecule has 160 valence electrons. The maximum atomic E-state index is 8.12. The first-order valence-corrected chi connectivity index (χ1v) is 10.5. The highest BCUT2D eigenvalue weighted by Crippen LogP contribution is 2.20. The number of nitrogens with zero attached hydrogens (tertiary/aromatic N) is 4. The van der Waals surface area contributed by atoms with Crippen LogP contribution in [-0.2, 0) is 16.0 Å². The molecule has 1 saturated heterocycles. The van der Waals surface area contributed by atoms with Crippen molar-refractivity contribution in [3.63, 3.8) is 0 Å². The van der Waals surface area contributed by atoms with E-state index < -0.39 is 0 Å².